The monoisotopic (exact) mass is 260 g/mol. The lowest BCUT2D eigenvalue weighted by Crippen LogP contribution is -2.37. The largest absolute Gasteiger partial charge is 0.312 e. The Labute approximate surface area is 108 Å². The molecule has 90 valence electrons. The van der Waals surface area contributed by atoms with Gasteiger partial charge in [0.05, 0.1) is 0 Å². The zero-order valence-corrected chi connectivity index (χ0v) is 11.1. The molecule has 0 atom stereocenters. The molecule has 16 heavy (non-hydrogen) atoms. The minimum Gasteiger partial charge on any atom is -0.312 e. The Morgan fingerprint density at radius 2 is 2.25 bits per heavy atom. The first-order valence-electron chi connectivity index (χ1n) is 5.50. The summed E-state index contributed by atoms with van der Waals surface area (Å²) >= 11 is 5.97. The summed E-state index contributed by atoms with van der Waals surface area (Å²) in [6, 6.07) is 3.94. The van der Waals surface area contributed by atoms with Gasteiger partial charge in [0.25, 0.3) is 0 Å². The van der Waals surface area contributed by atoms with Crippen molar-refractivity contribution in [2.75, 3.05) is 6.54 Å². The lowest BCUT2D eigenvalue weighted by molar-refractivity contribution is 0.156. The first kappa shape index (κ1) is 13.8. The van der Waals surface area contributed by atoms with E-state index >= 15 is 0 Å². The van der Waals surface area contributed by atoms with E-state index in [1.807, 2.05) is 12.1 Å². The van der Waals surface area contributed by atoms with Gasteiger partial charge >= 0.3 is 0 Å². The average Bonchev–Trinajstić information content (AvgIpc) is 2.18. The molecule has 0 radical (unpaired) electrons. The molecule has 1 aliphatic rings. The number of hydrogen-bond donors (Lipinski definition) is 1. The van der Waals surface area contributed by atoms with Crippen LogP contribution in [0.2, 0.25) is 5.15 Å². The fourth-order valence-electron chi connectivity index (χ4n) is 2.01. The van der Waals surface area contributed by atoms with Crippen molar-refractivity contribution in [3.8, 4) is 0 Å². The molecule has 1 N–H and O–H groups in total. The van der Waals surface area contributed by atoms with Crippen molar-refractivity contribution in [2.24, 2.45) is 5.41 Å². The maximum absolute atomic E-state index is 5.97. The van der Waals surface area contributed by atoms with Crippen LogP contribution in [0.15, 0.2) is 18.3 Å². The van der Waals surface area contributed by atoms with Gasteiger partial charge in [-0.05, 0) is 24.3 Å². The predicted octanol–water partition coefficient (Wildman–Crippen LogP) is 3.44. The van der Waals surface area contributed by atoms with Crippen LogP contribution in [-0.4, -0.2) is 11.5 Å². The molecule has 1 aliphatic carbocycles. The number of halogens is 2. The molecular formula is C12H18Cl2N2. The van der Waals surface area contributed by atoms with E-state index in [2.05, 4.69) is 17.2 Å². The van der Waals surface area contributed by atoms with E-state index < -0.39 is 0 Å². The molecule has 1 saturated carbocycles. The van der Waals surface area contributed by atoms with Gasteiger partial charge < -0.3 is 5.32 Å². The van der Waals surface area contributed by atoms with Crippen LogP contribution in [-0.2, 0) is 6.54 Å². The fourth-order valence-corrected chi connectivity index (χ4v) is 2.19. The van der Waals surface area contributed by atoms with Crippen LogP contribution in [0.1, 0.15) is 31.7 Å². The molecule has 0 aliphatic heterocycles. The minimum atomic E-state index is 0. The molecule has 0 saturated heterocycles. The van der Waals surface area contributed by atoms with Crippen molar-refractivity contribution in [1.82, 2.24) is 10.3 Å². The average molecular weight is 261 g/mol. The van der Waals surface area contributed by atoms with E-state index in [-0.39, 0.29) is 12.4 Å². The molecule has 1 heterocycles. The lowest BCUT2D eigenvalue weighted by Gasteiger charge is -2.38. The van der Waals surface area contributed by atoms with Gasteiger partial charge in [-0.25, -0.2) is 4.98 Å². The van der Waals surface area contributed by atoms with E-state index in [1.54, 1.807) is 6.20 Å². The molecule has 1 aromatic rings. The second-order valence-corrected chi connectivity index (χ2v) is 5.08. The molecule has 2 nitrogen and oxygen atoms in total. The summed E-state index contributed by atoms with van der Waals surface area (Å²) in [4.78, 5) is 4.05. The molecule has 1 aromatic heterocycles. The maximum Gasteiger partial charge on any atom is 0.133 e. The number of aromatic nitrogens is 1. The minimum absolute atomic E-state index is 0. The fraction of sp³-hybridized carbons (Fsp3) is 0.583. The Bertz CT molecular complexity index is 338. The van der Waals surface area contributed by atoms with Gasteiger partial charge in [0.15, 0.2) is 0 Å². The normalized spacial score (nSPS) is 17.4. The first-order chi connectivity index (χ1) is 7.20. The first-order valence-corrected chi connectivity index (χ1v) is 5.88. The Hall–Kier alpha value is -0.310. The zero-order chi connectivity index (χ0) is 10.7. The Morgan fingerprint density at radius 1 is 1.50 bits per heavy atom. The molecular weight excluding hydrogens is 243 g/mol. The standard InChI is InChI=1S/C12H17ClN2.ClH/c1-12(5-3-6-12)9-14-8-10-4-2-7-15-11(10)13;/h2,4,7,14H,3,5-6,8-9H2,1H3;1H. The smallest absolute Gasteiger partial charge is 0.133 e. The molecule has 4 heteroatoms. The summed E-state index contributed by atoms with van der Waals surface area (Å²) in [5, 5.41) is 4.08. The SMILES string of the molecule is CC1(CNCc2cccnc2Cl)CCC1.Cl. The van der Waals surface area contributed by atoms with Gasteiger partial charge in [0.1, 0.15) is 5.15 Å². The van der Waals surface area contributed by atoms with E-state index in [0.29, 0.717) is 10.6 Å². The summed E-state index contributed by atoms with van der Waals surface area (Å²) in [6.45, 7) is 4.24. The highest BCUT2D eigenvalue weighted by atomic mass is 35.5. The second kappa shape index (κ2) is 5.85. The Kier molecular flexibility index (Phi) is 5.03. The van der Waals surface area contributed by atoms with E-state index in [9.17, 15) is 0 Å². The molecule has 0 aromatic carbocycles. The molecule has 0 amide bonds. The van der Waals surface area contributed by atoms with Crippen LogP contribution in [0.5, 0.6) is 0 Å². The van der Waals surface area contributed by atoms with Crippen LogP contribution >= 0.6 is 24.0 Å². The van der Waals surface area contributed by atoms with Crippen LogP contribution in [0.3, 0.4) is 0 Å². The third-order valence-electron chi connectivity index (χ3n) is 3.26. The van der Waals surface area contributed by atoms with Crippen molar-refractivity contribution in [3.63, 3.8) is 0 Å². The van der Waals surface area contributed by atoms with E-state index in [4.69, 9.17) is 11.6 Å². The molecule has 1 fully saturated rings. The number of pyridine rings is 1. The van der Waals surface area contributed by atoms with Gasteiger partial charge in [0.2, 0.25) is 0 Å². The lowest BCUT2D eigenvalue weighted by atomic mass is 9.70. The highest BCUT2D eigenvalue weighted by molar-refractivity contribution is 6.30. The number of nitrogens with zero attached hydrogens (tertiary/aromatic N) is 1. The van der Waals surface area contributed by atoms with Gasteiger partial charge in [-0.3, -0.25) is 0 Å². The summed E-state index contributed by atoms with van der Waals surface area (Å²) in [5.74, 6) is 0. The van der Waals surface area contributed by atoms with Crippen LogP contribution in [0, 0.1) is 5.41 Å². The second-order valence-electron chi connectivity index (χ2n) is 4.72. The van der Waals surface area contributed by atoms with Crippen molar-refractivity contribution < 1.29 is 0 Å². The Morgan fingerprint density at radius 3 is 2.81 bits per heavy atom. The van der Waals surface area contributed by atoms with E-state index in [1.165, 1.54) is 19.3 Å². The van der Waals surface area contributed by atoms with Gasteiger partial charge in [-0.1, -0.05) is 31.0 Å². The summed E-state index contributed by atoms with van der Waals surface area (Å²) in [6.07, 6.45) is 5.80. The predicted molar refractivity (Wildman–Crippen MR) is 70.2 cm³/mol. The maximum atomic E-state index is 5.97. The summed E-state index contributed by atoms with van der Waals surface area (Å²) in [5.41, 5.74) is 1.61. The van der Waals surface area contributed by atoms with Gasteiger partial charge in [0, 0.05) is 24.8 Å². The van der Waals surface area contributed by atoms with Crippen molar-refractivity contribution in [2.45, 2.75) is 32.7 Å². The number of nitrogens with one attached hydrogen (secondary N) is 1. The third kappa shape index (κ3) is 3.34. The van der Waals surface area contributed by atoms with Crippen LogP contribution in [0.4, 0.5) is 0 Å². The van der Waals surface area contributed by atoms with Gasteiger partial charge in [-0.2, -0.15) is 0 Å². The topological polar surface area (TPSA) is 24.9 Å². The highest BCUT2D eigenvalue weighted by Crippen LogP contribution is 2.39. The molecule has 0 unspecified atom stereocenters. The quantitative estimate of drug-likeness (QED) is 0.840. The van der Waals surface area contributed by atoms with Crippen molar-refractivity contribution in [3.05, 3.63) is 29.0 Å². The van der Waals surface area contributed by atoms with Crippen LogP contribution in [0.25, 0.3) is 0 Å². The molecule has 0 spiro atoms. The number of hydrogen-bond acceptors (Lipinski definition) is 2. The third-order valence-corrected chi connectivity index (χ3v) is 3.60. The molecule has 0 bridgehead atoms. The Balaban J connectivity index is 0.00000128. The van der Waals surface area contributed by atoms with Gasteiger partial charge in [-0.15, -0.1) is 12.4 Å². The zero-order valence-electron chi connectivity index (χ0n) is 9.50. The molecule has 2 rings (SSSR count). The highest BCUT2D eigenvalue weighted by Gasteiger charge is 2.30. The number of rotatable bonds is 4. The summed E-state index contributed by atoms with van der Waals surface area (Å²) < 4.78 is 0. The van der Waals surface area contributed by atoms with Crippen molar-refractivity contribution in [1.29, 1.82) is 0 Å². The van der Waals surface area contributed by atoms with Crippen molar-refractivity contribution >= 4 is 24.0 Å². The van der Waals surface area contributed by atoms with Crippen LogP contribution < -0.4 is 5.32 Å². The van der Waals surface area contributed by atoms with E-state index in [0.717, 1.165) is 18.7 Å². The summed E-state index contributed by atoms with van der Waals surface area (Å²) in [7, 11) is 0.